The van der Waals surface area contributed by atoms with E-state index in [2.05, 4.69) is 15.6 Å². The van der Waals surface area contributed by atoms with Crippen LogP contribution in [0.15, 0.2) is 63.0 Å². The zero-order valence-electron chi connectivity index (χ0n) is 16.5. The van der Waals surface area contributed by atoms with E-state index >= 15 is 0 Å². The van der Waals surface area contributed by atoms with Gasteiger partial charge in [-0.05, 0) is 48.7 Å². The molecule has 0 aliphatic carbocycles. The first-order chi connectivity index (χ1) is 15.2. The highest BCUT2D eigenvalue weighted by molar-refractivity contribution is 7.98. The third kappa shape index (κ3) is 4.72. The van der Waals surface area contributed by atoms with Crippen LogP contribution in [0.1, 0.15) is 5.56 Å². The van der Waals surface area contributed by atoms with Crippen LogP contribution in [0.2, 0.25) is 0 Å². The first kappa shape index (κ1) is 21.8. The molecule has 32 heavy (non-hydrogen) atoms. The summed E-state index contributed by atoms with van der Waals surface area (Å²) in [4.78, 5) is 18.4. The molecule has 0 spiro atoms. The molecular weight excluding hydrogens is 448 g/mol. The third-order valence-corrected chi connectivity index (χ3v) is 5.18. The molecule has 166 valence electrons. The molecule has 1 aliphatic rings. The van der Waals surface area contributed by atoms with E-state index in [1.54, 1.807) is 24.3 Å². The minimum Gasteiger partial charge on any atom is -0.432 e. The van der Waals surface area contributed by atoms with Crippen LogP contribution in [0.3, 0.4) is 0 Å². The van der Waals surface area contributed by atoms with Gasteiger partial charge in [-0.3, -0.25) is 0 Å². The summed E-state index contributed by atoms with van der Waals surface area (Å²) in [7, 11) is 0. The van der Waals surface area contributed by atoms with E-state index in [9.17, 15) is 22.4 Å². The highest BCUT2D eigenvalue weighted by Gasteiger charge is 2.31. The molecule has 6 nitrogen and oxygen atoms in total. The fourth-order valence-electron chi connectivity index (χ4n) is 3.01. The Hall–Kier alpha value is -3.47. The Morgan fingerprint density at radius 2 is 1.88 bits per heavy atom. The molecule has 0 unspecified atom stereocenters. The molecule has 0 saturated carbocycles. The maximum Gasteiger partial charge on any atom is 0.416 e. The standard InChI is InChI=1S/C21H16F4N4O2S/c1-32-18-8-12-10-29(11-26-19(12)31-18)15-5-3-14(4-6-15)27-20(30)28-17-9-13(21(23,24)25)2-7-16(17)22/h2-10H,11H2,1H3,(H2,27,28,30). The number of nitrogens with one attached hydrogen (secondary N) is 2. The van der Waals surface area contributed by atoms with Crippen LogP contribution in [0.4, 0.5) is 39.4 Å². The number of hydrogen-bond donors (Lipinski definition) is 2. The van der Waals surface area contributed by atoms with Gasteiger partial charge in [0.1, 0.15) is 12.5 Å². The molecule has 2 N–H and O–H groups in total. The van der Waals surface area contributed by atoms with Gasteiger partial charge < -0.3 is 20.0 Å². The van der Waals surface area contributed by atoms with Gasteiger partial charge in [0.05, 0.1) is 16.5 Å². The van der Waals surface area contributed by atoms with Gasteiger partial charge in [-0.2, -0.15) is 13.2 Å². The molecule has 0 radical (unpaired) electrons. The number of thioether (sulfide) groups is 1. The number of carbonyl (C=O) groups excluding carboxylic acids is 1. The van der Waals surface area contributed by atoms with Gasteiger partial charge in [-0.15, -0.1) is 0 Å². The van der Waals surface area contributed by atoms with E-state index in [1.807, 2.05) is 23.4 Å². The summed E-state index contributed by atoms with van der Waals surface area (Å²) in [5.41, 5.74) is 0.121. The number of anilines is 3. The summed E-state index contributed by atoms with van der Waals surface area (Å²) in [5.74, 6) is -0.976. The molecular formula is C21H16F4N4O2S. The Bertz CT molecular complexity index is 1270. The Morgan fingerprint density at radius 3 is 2.56 bits per heavy atom. The lowest BCUT2D eigenvalue weighted by Crippen LogP contribution is -2.33. The van der Waals surface area contributed by atoms with Gasteiger partial charge in [0.25, 0.3) is 0 Å². The summed E-state index contributed by atoms with van der Waals surface area (Å²) in [6.45, 7) is 0.358. The second-order valence-electron chi connectivity index (χ2n) is 6.75. The quantitative estimate of drug-likeness (QED) is 0.436. The minimum atomic E-state index is -4.65. The minimum absolute atomic E-state index is 0.358. The molecule has 4 rings (SSSR count). The van der Waals surface area contributed by atoms with Gasteiger partial charge in [0.2, 0.25) is 5.55 Å². The normalized spacial score (nSPS) is 13.1. The molecule has 0 atom stereocenters. The van der Waals surface area contributed by atoms with Crippen LogP contribution in [-0.4, -0.2) is 19.0 Å². The van der Waals surface area contributed by atoms with Crippen LogP contribution >= 0.6 is 11.8 Å². The van der Waals surface area contributed by atoms with Crippen LogP contribution in [0.25, 0.3) is 6.20 Å². The van der Waals surface area contributed by atoms with E-state index in [0.29, 0.717) is 36.1 Å². The van der Waals surface area contributed by atoms with Crippen molar-refractivity contribution in [3.63, 3.8) is 0 Å². The SMILES string of the molecule is CSc1cc2c(o1)=NCN(c1ccc(NC(=O)Nc3cc(C(F)(F)F)ccc3F)cc1)C=2. The number of halogens is 4. The highest BCUT2D eigenvalue weighted by atomic mass is 32.2. The average Bonchev–Trinajstić information content (AvgIpc) is 3.17. The Balaban J connectivity index is 1.44. The Labute approximate surface area is 183 Å². The molecule has 0 bridgehead atoms. The summed E-state index contributed by atoms with van der Waals surface area (Å²) in [6, 6.07) is 9.54. The summed E-state index contributed by atoms with van der Waals surface area (Å²) in [5, 5.41) is 6.18. The molecule has 0 saturated heterocycles. The maximum absolute atomic E-state index is 13.8. The summed E-state index contributed by atoms with van der Waals surface area (Å²) >= 11 is 1.48. The van der Waals surface area contributed by atoms with Gasteiger partial charge in [0.15, 0.2) is 5.09 Å². The van der Waals surface area contributed by atoms with E-state index in [-0.39, 0.29) is 0 Å². The predicted molar refractivity (Wildman–Crippen MR) is 114 cm³/mol. The van der Waals surface area contributed by atoms with Gasteiger partial charge in [0, 0.05) is 23.6 Å². The zero-order valence-corrected chi connectivity index (χ0v) is 17.4. The van der Waals surface area contributed by atoms with Crippen molar-refractivity contribution in [1.82, 2.24) is 0 Å². The lowest BCUT2D eigenvalue weighted by atomic mass is 10.2. The number of alkyl halides is 3. The second kappa shape index (κ2) is 8.58. The number of urea groups is 1. The number of fused-ring (bicyclic) bond motifs is 1. The number of hydrogen-bond acceptors (Lipinski definition) is 5. The van der Waals surface area contributed by atoms with Crippen LogP contribution in [-0.2, 0) is 6.18 Å². The Kier molecular flexibility index (Phi) is 5.83. The van der Waals surface area contributed by atoms with Gasteiger partial charge >= 0.3 is 12.2 Å². The van der Waals surface area contributed by atoms with Crippen molar-refractivity contribution in [2.45, 2.75) is 11.3 Å². The van der Waals surface area contributed by atoms with E-state index < -0.39 is 29.3 Å². The van der Waals surface area contributed by atoms with Crippen molar-refractivity contribution in [3.8, 4) is 0 Å². The molecule has 11 heteroatoms. The number of nitrogens with zero attached hydrogens (tertiary/aromatic N) is 2. The number of carbonyl (C=O) groups is 1. The van der Waals surface area contributed by atoms with Crippen molar-refractivity contribution in [2.24, 2.45) is 4.99 Å². The molecule has 2 heterocycles. The van der Waals surface area contributed by atoms with Crippen LogP contribution < -0.4 is 26.3 Å². The van der Waals surface area contributed by atoms with Crippen molar-refractivity contribution in [1.29, 1.82) is 0 Å². The molecule has 2 amide bonds. The fraction of sp³-hybridized carbons (Fsp3) is 0.143. The molecule has 1 aromatic heterocycles. The smallest absolute Gasteiger partial charge is 0.416 e. The van der Waals surface area contributed by atoms with E-state index in [1.165, 1.54) is 11.8 Å². The molecule has 2 aromatic carbocycles. The van der Waals surface area contributed by atoms with Crippen LogP contribution in [0, 0.1) is 5.82 Å². The van der Waals surface area contributed by atoms with Gasteiger partial charge in [-0.25, -0.2) is 14.2 Å². The van der Waals surface area contributed by atoms with E-state index in [0.717, 1.165) is 16.0 Å². The fourth-order valence-corrected chi connectivity index (χ4v) is 3.42. The summed E-state index contributed by atoms with van der Waals surface area (Å²) in [6.07, 6.45) is -0.842. The number of rotatable bonds is 4. The highest BCUT2D eigenvalue weighted by Crippen LogP contribution is 2.32. The lowest BCUT2D eigenvalue weighted by Gasteiger charge is -2.19. The largest absolute Gasteiger partial charge is 0.432 e. The third-order valence-electron chi connectivity index (χ3n) is 4.58. The first-order valence-corrected chi connectivity index (χ1v) is 10.5. The number of benzene rings is 2. The maximum atomic E-state index is 13.8. The Morgan fingerprint density at radius 1 is 1.12 bits per heavy atom. The van der Waals surface area contributed by atoms with Gasteiger partial charge in [-0.1, -0.05) is 11.8 Å². The number of furan rings is 1. The zero-order chi connectivity index (χ0) is 22.9. The number of amides is 2. The predicted octanol–water partition coefficient (Wildman–Crippen LogP) is 4.64. The monoisotopic (exact) mass is 464 g/mol. The topological polar surface area (TPSA) is 69.9 Å². The summed E-state index contributed by atoms with van der Waals surface area (Å²) < 4.78 is 57.8. The van der Waals surface area contributed by atoms with Crippen LogP contribution in [0.5, 0.6) is 0 Å². The van der Waals surface area contributed by atoms with Crippen molar-refractivity contribution >= 4 is 41.1 Å². The average molecular weight is 464 g/mol. The first-order valence-electron chi connectivity index (χ1n) is 9.24. The van der Waals surface area contributed by atoms with E-state index in [4.69, 9.17) is 4.42 Å². The molecule has 1 aliphatic heterocycles. The van der Waals surface area contributed by atoms with Crippen molar-refractivity contribution < 1.29 is 26.8 Å². The molecule has 3 aromatic rings. The molecule has 0 fully saturated rings. The second-order valence-corrected chi connectivity index (χ2v) is 7.56. The van der Waals surface area contributed by atoms with Crippen molar-refractivity contribution in [3.05, 3.63) is 70.7 Å². The van der Waals surface area contributed by atoms with Crippen molar-refractivity contribution in [2.75, 3.05) is 28.5 Å². The lowest BCUT2D eigenvalue weighted by molar-refractivity contribution is -0.137.